The van der Waals surface area contributed by atoms with Crippen molar-refractivity contribution in [1.82, 2.24) is 9.62 Å². The summed E-state index contributed by atoms with van der Waals surface area (Å²) in [6, 6.07) is 11.3. The van der Waals surface area contributed by atoms with Gasteiger partial charge in [0.2, 0.25) is 10.0 Å². The van der Waals surface area contributed by atoms with E-state index in [0.29, 0.717) is 12.5 Å². The number of furan rings is 1. The average Bonchev–Trinajstić information content (AvgIpc) is 3.07. The van der Waals surface area contributed by atoms with Crippen molar-refractivity contribution >= 4 is 10.0 Å². The van der Waals surface area contributed by atoms with Crippen LogP contribution >= 0.6 is 0 Å². The third-order valence-corrected chi connectivity index (χ3v) is 5.70. The van der Waals surface area contributed by atoms with E-state index in [-0.39, 0.29) is 5.75 Å². The van der Waals surface area contributed by atoms with Crippen LogP contribution in [0.15, 0.2) is 53.3 Å². The van der Waals surface area contributed by atoms with Crippen LogP contribution in [0.25, 0.3) is 0 Å². The van der Waals surface area contributed by atoms with Crippen molar-refractivity contribution in [2.75, 3.05) is 19.6 Å². The van der Waals surface area contributed by atoms with Crippen LogP contribution < -0.4 is 4.72 Å². The Labute approximate surface area is 143 Å². The van der Waals surface area contributed by atoms with Gasteiger partial charge in [0, 0.05) is 25.2 Å². The third-order valence-electron chi connectivity index (χ3n) is 4.38. The molecule has 0 saturated carbocycles. The molecule has 1 N–H and O–H groups in total. The summed E-state index contributed by atoms with van der Waals surface area (Å²) in [5.41, 5.74) is 1.98. The van der Waals surface area contributed by atoms with Gasteiger partial charge in [-0.15, -0.1) is 0 Å². The first-order chi connectivity index (χ1) is 11.6. The summed E-state index contributed by atoms with van der Waals surface area (Å²) in [5.74, 6) is 0.399. The number of sulfonamides is 1. The van der Waals surface area contributed by atoms with Crippen molar-refractivity contribution in [1.29, 1.82) is 0 Å². The molecule has 130 valence electrons. The maximum atomic E-state index is 12.2. The zero-order valence-electron chi connectivity index (χ0n) is 13.7. The largest absolute Gasteiger partial charge is 0.472 e. The molecule has 0 amide bonds. The van der Waals surface area contributed by atoms with Crippen LogP contribution in [0.1, 0.15) is 24.0 Å². The highest BCUT2D eigenvalue weighted by Gasteiger charge is 2.22. The molecular weight excluding hydrogens is 324 g/mol. The highest BCUT2D eigenvalue weighted by Crippen LogP contribution is 2.18. The van der Waals surface area contributed by atoms with E-state index in [1.807, 2.05) is 36.4 Å². The van der Waals surface area contributed by atoms with Crippen LogP contribution in [0, 0.1) is 5.92 Å². The van der Waals surface area contributed by atoms with Crippen LogP contribution in [-0.2, 0) is 22.3 Å². The fourth-order valence-electron chi connectivity index (χ4n) is 3.19. The molecule has 0 radical (unpaired) electrons. The van der Waals surface area contributed by atoms with Gasteiger partial charge in [-0.1, -0.05) is 30.3 Å². The number of likely N-dealkylation sites (tertiary alicyclic amines) is 1. The minimum Gasteiger partial charge on any atom is -0.472 e. The van der Waals surface area contributed by atoms with Gasteiger partial charge in [-0.2, -0.15) is 0 Å². The number of hydrogen-bond acceptors (Lipinski definition) is 4. The lowest BCUT2D eigenvalue weighted by Gasteiger charge is -2.32. The highest BCUT2D eigenvalue weighted by molar-refractivity contribution is 7.88. The molecule has 1 aromatic heterocycles. The second-order valence-corrected chi connectivity index (χ2v) is 8.27. The van der Waals surface area contributed by atoms with Crippen molar-refractivity contribution in [2.45, 2.75) is 25.1 Å². The standard InChI is InChI=1S/C18H24N2O3S/c21-24(22,15-16-5-2-1-3-6-16)19-11-17-7-4-9-20(12-17)13-18-8-10-23-14-18/h1-3,5-6,8,10,14,17,19H,4,7,9,11-13,15H2. The predicted octanol–water partition coefficient (Wildman–Crippen LogP) is 2.61. The molecule has 1 saturated heterocycles. The normalized spacial score (nSPS) is 19.4. The monoisotopic (exact) mass is 348 g/mol. The van der Waals surface area contributed by atoms with Gasteiger partial charge in [-0.3, -0.25) is 4.90 Å². The predicted molar refractivity (Wildman–Crippen MR) is 93.8 cm³/mol. The summed E-state index contributed by atoms with van der Waals surface area (Å²) in [5, 5.41) is 0. The molecule has 1 aliphatic heterocycles. The van der Waals surface area contributed by atoms with Gasteiger partial charge in [0.1, 0.15) is 0 Å². The lowest BCUT2D eigenvalue weighted by molar-refractivity contribution is 0.168. The molecule has 0 aliphatic carbocycles. The number of piperidine rings is 1. The number of rotatable bonds is 7. The minimum absolute atomic E-state index is 0.0410. The minimum atomic E-state index is -3.28. The van der Waals surface area contributed by atoms with Crippen LogP contribution in [-0.4, -0.2) is 33.0 Å². The lowest BCUT2D eigenvalue weighted by atomic mass is 9.98. The Morgan fingerprint density at radius 2 is 2.00 bits per heavy atom. The molecule has 1 atom stereocenters. The third kappa shape index (κ3) is 5.19. The van der Waals surface area contributed by atoms with Crippen molar-refractivity contribution in [3.8, 4) is 0 Å². The first kappa shape index (κ1) is 17.2. The van der Waals surface area contributed by atoms with Crippen molar-refractivity contribution in [2.24, 2.45) is 5.92 Å². The Morgan fingerprint density at radius 1 is 1.17 bits per heavy atom. The number of nitrogens with one attached hydrogen (secondary N) is 1. The van der Waals surface area contributed by atoms with Gasteiger partial charge in [-0.25, -0.2) is 13.1 Å². The van der Waals surface area contributed by atoms with E-state index in [4.69, 9.17) is 4.42 Å². The van der Waals surface area contributed by atoms with Gasteiger partial charge in [0.15, 0.2) is 0 Å². The summed E-state index contributed by atoms with van der Waals surface area (Å²) in [4.78, 5) is 2.37. The topological polar surface area (TPSA) is 62.6 Å². The number of benzene rings is 1. The Hall–Kier alpha value is -1.63. The molecule has 6 heteroatoms. The maximum absolute atomic E-state index is 12.2. The number of nitrogens with zero attached hydrogens (tertiary/aromatic N) is 1. The Balaban J connectivity index is 1.48. The van der Waals surface area contributed by atoms with E-state index in [2.05, 4.69) is 9.62 Å². The molecular formula is C18H24N2O3S. The van der Waals surface area contributed by atoms with Crippen LogP contribution in [0.4, 0.5) is 0 Å². The van der Waals surface area contributed by atoms with Crippen LogP contribution in [0.2, 0.25) is 0 Å². The van der Waals surface area contributed by atoms with E-state index >= 15 is 0 Å². The zero-order valence-corrected chi connectivity index (χ0v) is 14.5. The van der Waals surface area contributed by atoms with E-state index < -0.39 is 10.0 Å². The Kier molecular flexibility index (Phi) is 5.71. The van der Waals surface area contributed by atoms with Crippen molar-refractivity contribution in [3.05, 3.63) is 60.1 Å². The van der Waals surface area contributed by atoms with Crippen molar-refractivity contribution in [3.63, 3.8) is 0 Å². The molecule has 3 rings (SSSR count). The van der Waals surface area contributed by atoms with Crippen LogP contribution in [0.5, 0.6) is 0 Å². The average molecular weight is 348 g/mol. The molecule has 24 heavy (non-hydrogen) atoms. The molecule has 5 nitrogen and oxygen atoms in total. The zero-order chi connectivity index (χ0) is 16.8. The summed E-state index contributed by atoms with van der Waals surface area (Å²) in [7, 11) is -3.28. The van der Waals surface area contributed by atoms with Gasteiger partial charge in [0.05, 0.1) is 18.3 Å². The smallest absolute Gasteiger partial charge is 0.215 e. The summed E-state index contributed by atoms with van der Waals surface area (Å²) >= 11 is 0. The molecule has 2 heterocycles. The molecule has 0 bridgehead atoms. The maximum Gasteiger partial charge on any atom is 0.215 e. The molecule has 0 spiro atoms. The lowest BCUT2D eigenvalue weighted by Crippen LogP contribution is -2.40. The van der Waals surface area contributed by atoms with Gasteiger partial charge >= 0.3 is 0 Å². The number of hydrogen-bond donors (Lipinski definition) is 1. The second-order valence-electron chi connectivity index (χ2n) is 6.47. The first-order valence-electron chi connectivity index (χ1n) is 8.35. The quantitative estimate of drug-likeness (QED) is 0.835. The van der Waals surface area contributed by atoms with E-state index in [0.717, 1.165) is 38.0 Å². The highest BCUT2D eigenvalue weighted by atomic mass is 32.2. The fourth-order valence-corrected chi connectivity index (χ4v) is 4.41. The fraction of sp³-hybridized carbons (Fsp3) is 0.444. The molecule has 1 unspecified atom stereocenters. The SMILES string of the molecule is O=S(=O)(Cc1ccccc1)NCC1CCCN(Cc2ccoc2)C1. The summed E-state index contributed by atoms with van der Waals surface area (Å²) < 4.78 is 32.4. The van der Waals surface area contributed by atoms with Crippen molar-refractivity contribution < 1.29 is 12.8 Å². The Morgan fingerprint density at radius 3 is 2.75 bits per heavy atom. The molecule has 1 aromatic carbocycles. The molecule has 1 fully saturated rings. The summed E-state index contributed by atoms with van der Waals surface area (Å²) in [6.45, 7) is 3.35. The van der Waals surface area contributed by atoms with Crippen LogP contribution in [0.3, 0.4) is 0 Å². The second kappa shape index (κ2) is 7.96. The molecule has 2 aromatic rings. The van der Waals surface area contributed by atoms with E-state index in [1.165, 1.54) is 5.56 Å². The first-order valence-corrected chi connectivity index (χ1v) is 10.0. The van der Waals surface area contributed by atoms with Gasteiger partial charge in [0.25, 0.3) is 0 Å². The Bertz CT molecular complexity index is 714. The van der Waals surface area contributed by atoms with E-state index in [1.54, 1.807) is 12.5 Å². The molecule has 1 aliphatic rings. The van der Waals surface area contributed by atoms with Gasteiger partial charge < -0.3 is 4.42 Å². The van der Waals surface area contributed by atoms with E-state index in [9.17, 15) is 8.42 Å². The van der Waals surface area contributed by atoms with Gasteiger partial charge in [-0.05, 0) is 36.9 Å². The summed E-state index contributed by atoms with van der Waals surface area (Å²) in [6.07, 6.45) is 5.62.